The highest BCUT2D eigenvalue weighted by molar-refractivity contribution is 7.19. The molecule has 2 heterocycles. The molecule has 0 aliphatic heterocycles. The van der Waals surface area contributed by atoms with E-state index in [2.05, 4.69) is 22.2 Å². The third-order valence-corrected chi connectivity index (χ3v) is 4.77. The van der Waals surface area contributed by atoms with Crippen molar-refractivity contribution in [2.45, 2.75) is 45.4 Å². The van der Waals surface area contributed by atoms with Gasteiger partial charge in [0.05, 0.1) is 5.39 Å². The smallest absolute Gasteiger partial charge is 0.138 e. The minimum absolute atomic E-state index is 1.01. The number of nitrogens with one attached hydrogen (secondary N) is 1. The second kappa shape index (κ2) is 5.22. The van der Waals surface area contributed by atoms with E-state index in [0.717, 1.165) is 17.2 Å². The average molecular weight is 261 g/mol. The van der Waals surface area contributed by atoms with Crippen molar-refractivity contribution in [2.24, 2.45) is 0 Å². The standard InChI is InChI=1S/C14H19N3S/c1-2-3-8-15-13-12-10-6-4-5-7-11(10)18-14(12)17-9-16-13/h9H,2-8H2,1H3,(H,15,16,17). The number of hydrogen-bond acceptors (Lipinski definition) is 4. The first-order valence-corrected chi connectivity index (χ1v) is 7.71. The van der Waals surface area contributed by atoms with Crippen LogP contribution in [0.4, 0.5) is 5.82 Å². The van der Waals surface area contributed by atoms with E-state index in [1.54, 1.807) is 6.33 Å². The average Bonchev–Trinajstić information content (AvgIpc) is 2.78. The highest BCUT2D eigenvalue weighted by Gasteiger charge is 2.19. The normalized spacial score (nSPS) is 14.7. The maximum absolute atomic E-state index is 4.44. The first-order chi connectivity index (χ1) is 8.90. The molecule has 1 aliphatic carbocycles. The lowest BCUT2D eigenvalue weighted by molar-refractivity contribution is 0.700. The van der Waals surface area contributed by atoms with Crippen LogP contribution in [0.3, 0.4) is 0 Å². The molecule has 3 nitrogen and oxygen atoms in total. The van der Waals surface area contributed by atoms with E-state index in [0.29, 0.717) is 0 Å². The minimum Gasteiger partial charge on any atom is -0.369 e. The Morgan fingerprint density at radius 2 is 2.17 bits per heavy atom. The van der Waals surface area contributed by atoms with Gasteiger partial charge >= 0.3 is 0 Å². The molecule has 0 saturated carbocycles. The van der Waals surface area contributed by atoms with Crippen molar-refractivity contribution in [2.75, 3.05) is 11.9 Å². The van der Waals surface area contributed by atoms with Crippen LogP contribution in [0.1, 0.15) is 43.0 Å². The van der Waals surface area contributed by atoms with Crippen LogP contribution in [0, 0.1) is 0 Å². The Bertz CT molecular complexity index is 547. The molecular weight excluding hydrogens is 242 g/mol. The van der Waals surface area contributed by atoms with Gasteiger partial charge < -0.3 is 5.32 Å². The molecule has 0 spiro atoms. The second-order valence-electron chi connectivity index (χ2n) is 4.89. The third kappa shape index (κ3) is 2.09. The monoisotopic (exact) mass is 261 g/mol. The van der Waals surface area contributed by atoms with E-state index in [4.69, 9.17) is 0 Å². The zero-order valence-corrected chi connectivity index (χ0v) is 11.6. The summed E-state index contributed by atoms with van der Waals surface area (Å²) in [6.07, 6.45) is 9.16. The third-order valence-electron chi connectivity index (χ3n) is 3.57. The predicted molar refractivity (Wildman–Crippen MR) is 77.5 cm³/mol. The molecule has 0 amide bonds. The molecular formula is C14H19N3S. The zero-order chi connectivity index (χ0) is 12.4. The Kier molecular flexibility index (Phi) is 3.46. The van der Waals surface area contributed by atoms with E-state index < -0.39 is 0 Å². The predicted octanol–water partition coefficient (Wildman–Crippen LogP) is 3.78. The van der Waals surface area contributed by atoms with Gasteiger partial charge in [0.15, 0.2) is 0 Å². The number of aryl methyl sites for hydroxylation is 2. The van der Waals surface area contributed by atoms with Gasteiger partial charge in [-0.15, -0.1) is 11.3 Å². The molecule has 18 heavy (non-hydrogen) atoms. The van der Waals surface area contributed by atoms with Gasteiger partial charge in [-0.25, -0.2) is 9.97 Å². The topological polar surface area (TPSA) is 37.8 Å². The van der Waals surface area contributed by atoms with Gasteiger partial charge in [-0.1, -0.05) is 13.3 Å². The number of fused-ring (bicyclic) bond motifs is 3. The Balaban J connectivity index is 2.00. The molecule has 3 rings (SSSR count). The van der Waals surface area contributed by atoms with Crippen molar-refractivity contribution in [3.05, 3.63) is 16.8 Å². The Hall–Kier alpha value is -1.16. The van der Waals surface area contributed by atoms with E-state index in [-0.39, 0.29) is 0 Å². The van der Waals surface area contributed by atoms with E-state index in [1.807, 2.05) is 11.3 Å². The Morgan fingerprint density at radius 1 is 1.28 bits per heavy atom. The molecule has 2 aromatic heterocycles. The van der Waals surface area contributed by atoms with E-state index in [9.17, 15) is 0 Å². The molecule has 0 aromatic carbocycles. The fourth-order valence-corrected chi connectivity index (χ4v) is 3.84. The van der Waals surface area contributed by atoms with Crippen LogP contribution in [0.25, 0.3) is 10.2 Å². The maximum atomic E-state index is 4.44. The Morgan fingerprint density at radius 3 is 3.06 bits per heavy atom. The number of rotatable bonds is 4. The van der Waals surface area contributed by atoms with Gasteiger partial charge in [0.1, 0.15) is 17.0 Å². The van der Waals surface area contributed by atoms with Gasteiger partial charge in [-0.3, -0.25) is 0 Å². The molecule has 4 heteroatoms. The molecule has 0 radical (unpaired) electrons. The van der Waals surface area contributed by atoms with Gasteiger partial charge in [0, 0.05) is 11.4 Å². The van der Waals surface area contributed by atoms with Crippen molar-refractivity contribution >= 4 is 27.4 Å². The van der Waals surface area contributed by atoms with Gasteiger partial charge in [0.2, 0.25) is 0 Å². The van der Waals surface area contributed by atoms with Crippen molar-refractivity contribution < 1.29 is 0 Å². The van der Waals surface area contributed by atoms with Crippen molar-refractivity contribution in [1.29, 1.82) is 0 Å². The summed E-state index contributed by atoms with van der Waals surface area (Å²) in [5.41, 5.74) is 1.51. The van der Waals surface area contributed by atoms with Crippen LogP contribution in [0.5, 0.6) is 0 Å². The maximum Gasteiger partial charge on any atom is 0.138 e. The summed E-state index contributed by atoms with van der Waals surface area (Å²) >= 11 is 1.86. The molecule has 0 bridgehead atoms. The van der Waals surface area contributed by atoms with E-state index in [1.165, 1.54) is 54.4 Å². The largest absolute Gasteiger partial charge is 0.369 e. The summed E-state index contributed by atoms with van der Waals surface area (Å²) in [5.74, 6) is 1.05. The summed E-state index contributed by atoms with van der Waals surface area (Å²) in [7, 11) is 0. The first-order valence-electron chi connectivity index (χ1n) is 6.89. The molecule has 2 aromatic rings. The molecule has 0 atom stereocenters. The van der Waals surface area contributed by atoms with Crippen molar-refractivity contribution in [3.8, 4) is 0 Å². The van der Waals surface area contributed by atoms with Gasteiger partial charge in [-0.2, -0.15) is 0 Å². The molecule has 0 unspecified atom stereocenters. The van der Waals surface area contributed by atoms with E-state index >= 15 is 0 Å². The molecule has 1 aliphatic rings. The van der Waals surface area contributed by atoms with Crippen LogP contribution in [-0.2, 0) is 12.8 Å². The number of aromatic nitrogens is 2. The quantitative estimate of drug-likeness (QED) is 0.851. The lowest BCUT2D eigenvalue weighted by Crippen LogP contribution is -2.05. The van der Waals surface area contributed by atoms with Gasteiger partial charge in [0.25, 0.3) is 0 Å². The highest BCUT2D eigenvalue weighted by Crippen LogP contribution is 2.37. The lowest BCUT2D eigenvalue weighted by atomic mass is 9.97. The summed E-state index contributed by atoms with van der Waals surface area (Å²) < 4.78 is 0. The number of unbranched alkanes of at least 4 members (excludes halogenated alkanes) is 1. The summed E-state index contributed by atoms with van der Waals surface area (Å²) in [4.78, 5) is 11.6. The zero-order valence-electron chi connectivity index (χ0n) is 10.8. The van der Waals surface area contributed by atoms with Crippen LogP contribution in [0.15, 0.2) is 6.33 Å². The number of thiophene rings is 1. The van der Waals surface area contributed by atoms with Crippen LogP contribution in [0.2, 0.25) is 0 Å². The van der Waals surface area contributed by atoms with Crippen LogP contribution >= 0.6 is 11.3 Å². The minimum atomic E-state index is 1.01. The summed E-state index contributed by atoms with van der Waals surface area (Å²) in [6.45, 7) is 3.22. The number of nitrogens with zero attached hydrogens (tertiary/aromatic N) is 2. The summed E-state index contributed by atoms with van der Waals surface area (Å²) in [5, 5.41) is 4.78. The SMILES string of the molecule is CCCCNc1ncnc2sc3c(c12)CCCC3. The second-order valence-corrected chi connectivity index (χ2v) is 5.98. The van der Waals surface area contributed by atoms with Crippen molar-refractivity contribution in [1.82, 2.24) is 9.97 Å². The highest BCUT2D eigenvalue weighted by atomic mass is 32.1. The molecule has 96 valence electrons. The lowest BCUT2D eigenvalue weighted by Gasteiger charge is -2.12. The van der Waals surface area contributed by atoms with Crippen LogP contribution < -0.4 is 5.32 Å². The first kappa shape index (κ1) is 11.9. The molecule has 0 fully saturated rings. The summed E-state index contributed by atoms with van der Waals surface area (Å²) in [6, 6.07) is 0. The number of anilines is 1. The fourth-order valence-electron chi connectivity index (χ4n) is 2.61. The fraction of sp³-hybridized carbons (Fsp3) is 0.571. The molecule has 0 saturated heterocycles. The molecule has 1 N–H and O–H groups in total. The van der Waals surface area contributed by atoms with Crippen LogP contribution in [-0.4, -0.2) is 16.5 Å². The Labute approximate surface area is 112 Å². The van der Waals surface area contributed by atoms with Gasteiger partial charge in [-0.05, 0) is 37.7 Å². The number of hydrogen-bond donors (Lipinski definition) is 1. The van der Waals surface area contributed by atoms with Crippen molar-refractivity contribution in [3.63, 3.8) is 0 Å².